The first kappa shape index (κ1) is 17.7. The maximum absolute atomic E-state index is 13.0. The van der Waals surface area contributed by atoms with Crippen molar-refractivity contribution in [3.8, 4) is 0 Å². The second-order valence-electron chi connectivity index (χ2n) is 6.98. The van der Waals surface area contributed by atoms with Crippen molar-refractivity contribution in [3.05, 3.63) is 26.6 Å². The van der Waals surface area contributed by atoms with Gasteiger partial charge in [0.25, 0.3) is 11.5 Å². The van der Waals surface area contributed by atoms with E-state index >= 15 is 0 Å². The van der Waals surface area contributed by atoms with Crippen molar-refractivity contribution in [2.75, 3.05) is 24.6 Å². The third kappa shape index (κ3) is 2.96. The third-order valence-electron chi connectivity index (χ3n) is 5.24. The Morgan fingerprint density at radius 2 is 1.85 bits per heavy atom. The largest absolute Gasteiger partial charge is 0.336 e. The van der Waals surface area contributed by atoms with Gasteiger partial charge in [0.15, 0.2) is 9.84 Å². The van der Waals surface area contributed by atoms with Gasteiger partial charge in [0, 0.05) is 26.1 Å². The Labute approximate surface area is 155 Å². The average molecular weight is 396 g/mol. The molecule has 0 saturated carbocycles. The Morgan fingerprint density at radius 1 is 1.12 bits per heavy atom. The Bertz CT molecular complexity index is 1040. The Kier molecular flexibility index (Phi) is 4.38. The van der Waals surface area contributed by atoms with Crippen LogP contribution in [0.2, 0.25) is 0 Å². The SMILES string of the molecule is Cc1c(C(=O)N2CCS(=O)(=O)CC2)sc2nc3n(c(=O)c12)CCCCC3. The molecule has 4 rings (SSSR count). The molecule has 0 aromatic carbocycles. The number of carbonyl (C=O) groups excluding carboxylic acids is 1. The zero-order valence-corrected chi connectivity index (χ0v) is 16.3. The van der Waals surface area contributed by atoms with E-state index in [1.165, 1.54) is 11.3 Å². The maximum atomic E-state index is 13.0. The first-order valence-electron chi connectivity index (χ1n) is 8.90. The minimum atomic E-state index is -3.04. The van der Waals surface area contributed by atoms with Crippen LogP contribution in [0.1, 0.15) is 40.3 Å². The lowest BCUT2D eigenvalue weighted by molar-refractivity contribution is 0.0774. The molecule has 0 bridgehead atoms. The Balaban J connectivity index is 1.75. The number of carbonyl (C=O) groups is 1. The molecule has 1 saturated heterocycles. The van der Waals surface area contributed by atoms with Gasteiger partial charge in [0.1, 0.15) is 10.7 Å². The fraction of sp³-hybridized carbons (Fsp3) is 0.588. The summed E-state index contributed by atoms with van der Waals surface area (Å²) >= 11 is 1.25. The lowest BCUT2D eigenvalue weighted by Crippen LogP contribution is -2.43. The molecule has 0 unspecified atom stereocenters. The zero-order valence-electron chi connectivity index (χ0n) is 14.7. The van der Waals surface area contributed by atoms with Gasteiger partial charge in [-0.15, -0.1) is 11.3 Å². The molecule has 0 aliphatic carbocycles. The van der Waals surface area contributed by atoms with Gasteiger partial charge in [-0.1, -0.05) is 6.42 Å². The minimum absolute atomic E-state index is 0.00210. The molecule has 0 atom stereocenters. The summed E-state index contributed by atoms with van der Waals surface area (Å²) in [6.07, 6.45) is 3.88. The molecule has 140 valence electrons. The predicted molar refractivity (Wildman–Crippen MR) is 101 cm³/mol. The molecule has 9 heteroatoms. The predicted octanol–water partition coefficient (Wildman–Crippen LogP) is 1.36. The summed E-state index contributed by atoms with van der Waals surface area (Å²) in [7, 11) is -3.04. The second-order valence-corrected chi connectivity index (χ2v) is 10.3. The summed E-state index contributed by atoms with van der Waals surface area (Å²) in [5.74, 6) is 0.611. The third-order valence-corrected chi connectivity index (χ3v) is 8.02. The van der Waals surface area contributed by atoms with Gasteiger partial charge in [0.2, 0.25) is 0 Å². The molecule has 2 aliphatic rings. The molecule has 2 aliphatic heterocycles. The average Bonchev–Trinajstić information content (AvgIpc) is 2.77. The molecule has 1 fully saturated rings. The number of aryl methyl sites for hydroxylation is 2. The molecule has 2 aromatic heterocycles. The van der Waals surface area contributed by atoms with E-state index in [-0.39, 0.29) is 36.1 Å². The lowest BCUT2D eigenvalue weighted by Gasteiger charge is -2.26. The fourth-order valence-corrected chi connectivity index (χ4v) is 6.03. The van der Waals surface area contributed by atoms with E-state index in [1.807, 2.05) is 0 Å². The van der Waals surface area contributed by atoms with Crippen molar-refractivity contribution in [3.63, 3.8) is 0 Å². The van der Waals surface area contributed by atoms with Gasteiger partial charge in [-0.25, -0.2) is 13.4 Å². The van der Waals surface area contributed by atoms with Crippen molar-refractivity contribution >= 4 is 37.3 Å². The van der Waals surface area contributed by atoms with Crippen LogP contribution >= 0.6 is 11.3 Å². The molecule has 1 amide bonds. The van der Waals surface area contributed by atoms with E-state index in [1.54, 1.807) is 16.4 Å². The molecule has 0 radical (unpaired) electrons. The molecule has 0 N–H and O–H groups in total. The van der Waals surface area contributed by atoms with Crippen molar-refractivity contribution < 1.29 is 13.2 Å². The summed E-state index contributed by atoms with van der Waals surface area (Å²) in [5, 5.41) is 0.536. The highest BCUT2D eigenvalue weighted by Gasteiger charge is 2.29. The standard InChI is InChI=1S/C17H21N3O4S2/c1-11-13-15(18-12-5-3-2-4-6-20(12)16(13)21)25-14(11)17(22)19-7-9-26(23,24)10-8-19/h2-10H2,1H3. The van der Waals surface area contributed by atoms with E-state index in [0.717, 1.165) is 31.5 Å². The van der Waals surface area contributed by atoms with Crippen molar-refractivity contribution in [2.45, 2.75) is 39.2 Å². The summed E-state index contributed by atoms with van der Waals surface area (Å²) in [5.41, 5.74) is 0.612. The number of thiophene rings is 1. The van der Waals surface area contributed by atoms with Crippen LogP contribution in [0, 0.1) is 6.92 Å². The highest BCUT2D eigenvalue weighted by atomic mass is 32.2. The van der Waals surface area contributed by atoms with Crippen LogP contribution in [0.5, 0.6) is 0 Å². The fourth-order valence-electron chi connectivity index (χ4n) is 3.67. The number of hydrogen-bond donors (Lipinski definition) is 0. The van der Waals surface area contributed by atoms with Crippen molar-refractivity contribution in [2.24, 2.45) is 0 Å². The van der Waals surface area contributed by atoms with E-state index in [9.17, 15) is 18.0 Å². The molecule has 26 heavy (non-hydrogen) atoms. The van der Waals surface area contributed by atoms with E-state index < -0.39 is 9.84 Å². The van der Waals surface area contributed by atoms with E-state index in [0.29, 0.717) is 27.2 Å². The van der Waals surface area contributed by atoms with Gasteiger partial charge in [-0.2, -0.15) is 0 Å². The second kappa shape index (κ2) is 6.45. The molecule has 7 nitrogen and oxygen atoms in total. The first-order valence-corrected chi connectivity index (χ1v) is 11.5. The summed E-state index contributed by atoms with van der Waals surface area (Å²) < 4.78 is 24.9. The molecule has 0 spiro atoms. The van der Waals surface area contributed by atoms with Crippen LogP contribution in [0.15, 0.2) is 4.79 Å². The van der Waals surface area contributed by atoms with E-state index in [4.69, 9.17) is 0 Å². The van der Waals surface area contributed by atoms with E-state index in [2.05, 4.69) is 4.98 Å². The zero-order chi connectivity index (χ0) is 18.5. The van der Waals surface area contributed by atoms with Crippen LogP contribution in [0.4, 0.5) is 0 Å². The number of aromatic nitrogens is 2. The highest BCUT2D eigenvalue weighted by Crippen LogP contribution is 2.29. The Hall–Kier alpha value is -1.74. The van der Waals surface area contributed by atoms with Gasteiger partial charge in [0.05, 0.1) is 21.8 Å². The topological polar surface area (TPSA) is 89.3 Å². The number of nitrogens with zero attached hydrogens (tertiary/aromatic N) is 3. The highest BCUT2D eigenvalue weighted by molar-refractivity contribution is 7.91. The lowest BCUT2D eigenvalue weighted by atomic mass is 10.2. The van der Waals surface area contributed by atoms with Crippen LogP contribution in [0.3, 0.4) is 0 Å². The smallest absolute Gasteiger partial charge is 0.264 e. The van der Waals surface area contributed by atoms with Gasteiger partial charge < -0.3 is 4.90 Å². The van der Waals surface area contributed by atoms with Crippen molar-refractivity contribution in [1.29, 1.82) is 0 Å². The number of hydrogen-bond acceptors (Lipinski definition) is 6. The summed E-state index contributed by atoms with van der Waals surface area (Å²) in [4.78, 5) is 33.2. The van der Waals surface area contributed by atoms with Crippen LogP contribution in [-0.2, 0) is 22.8 Å². The maximum Gasteiger partial charge on any atom is 0.264 e. The molecular weight excluding hydrogens is 374 g/mol. The van der Waals surface area contributed by atoms with Gasteiger partial charge in [-0.05, 0) is 25.3 Å². The normalized spacial score (nSPS) is 20.0. The number of sulfone groups is 1. The van der Waals surface area contributed by atoms with Crippen LogP contribution < -0.4 is 5.56 Å². The summed E-state index contributed by atoms with van der Waals surface area (Å²) in [6.45, 7) is 2.88. The molecule has 2 aromatic rings. The molecule has 4 heterocycles. The van der Waals surface area contributed by atoms with Gasteiger partial charge in [-0.3, -0.25) is 14.2 Å². The quantitative estimate of drug-likeness (QED) is 0.727. The summed E-state index contributed by atoms with van der Waals surface area (Å²) in [6, 6.07) is 0. The van der Waals surface area contributed by atoms with Crippen LogP contribution in [-0.4, -0.2) is 53.4 Å². The Morgan fingerprint density at radius 3 is 2.58 bits per heavy atom. The van der Waals surface area contributed by atoms with Crippen LogP contribution in [0.25, 0.3) is 10.2 Å². The minimum Gasteiger partial charge on any atom is -0.336 e. The number of amides is 1. The molecular formula is C17H21N3O4S2. The number of fused-ring (bicyclic) bond motifs is 2. The monoisotopic (exact) mass is 395 g/mol. The first-order chi connectivity index (χ1) is 12.4. The van der Waals surface area contributed by atoms with Crippen molar-refractivity contribution in [1.82, 2.24) is 14.5 Å². The van der Waals surface area contributed by atoms with Gasteiger partial charge >= 0.3 is 0 Å². The number of rotatable bonds is 1.